The summed E-state index contributed by atoms with van der Waals surface area (Å²) in [6.07, 6.45) is 3.49. The maximum absolute atomic E-state index is 11.5. The summed E-state index contributed by atoms with van der Waals surface area (Å²) in [7, 11) is 0. The summed E-state index contributed by atoms with van der Waals surface area (Å²) in [4.78, 5) is 11.5. The predicted molar refractivity (Wildman–Crippen MR) is 49.9 cm³/mol. The molecule has 1 saturated heterocycles. The van der Waals surface area contributed by atoms with Crippen molar-refractivity contribution in [3.05, 3.63) is 33.7 Å². The van der Waals surface area contributed by atoms with E-state index >= 15 is 0 Å². The Bertz CT molecular complexity index is 355. The van der Waals surface area contributed by atoms with Crippen LogP contribution in [0.5, 0.6) is 0 Å². The largest absolute Gasteiger partial charge is 0.358 e. The van der Waals surface area contributed by atoms with Crippen molar-refractivity contribution in [3.8, 4) is 0 Å². The van der Waals surface area contributed by atoms with Crippen LogP contribution in [0.25, 0.3) is 0 Å². The van der Waals surface area contributed by atoms with E-state index in [-0.39, 0.29) is 16.8 Å². The molecule has 1 aromatic rings. The van der Waals surface area contributed by atoms with Gasteiger partial charge in [0, 0.05) is 12.8 Å². The maximum atomic E-state index is 11.5. The van der Waals surface area contributed by atoms with Crippen LogP contribution in [-0.4, -0.2) is 11.2 Å². The molecule has 2 rings (SSSR count). The second kappa shape index (κ2) is 3.52. The van der Waals surface area contributed by atoms with Crippen molar-refractivity contribution in [3.63, 3.8) is 0 Å². The molecule has 0 spiro atoms. The van der Waals surface area contributed by atoms with Gasteiger partial charge in [0.1, 0.15) is 11.3 Å². The van der Waals surface area contributed by atoms with Crippen LogP contribution in [0.3, 0.4) is 0 Å². The molecule has 4 heteroatoms. The van der Waals surface area contributed by atoms with E-state index in [1.807, 2.05) is 0 Å². The van der Waals surface area contributed by atoms with Gasteiger partial charge in [-0.3, -0.25) is 9.36 Å². The smallest absolute Gasteiger partial charge is 0.271 e. The molecule has 1 aliphatic heterocycles. The minimum absolute atomic E-state index is 0.119. The summed E-state index contributed by atoms with van der Waals surface area (Å²) < 4.78 is 6.93. The van der Waals surface area contributed by atoms with Crippen LogP contribution in [-0.2, 0) is 4.74 Å². The summed E-state index contributed by atoms with van der Waals surface area (Å²) in [5.41, 5.74) is -0.170. The molecular formula is C9H10ClNO2. The predicted octanol–water partition coefficient (Wildman–Crippen LogP) is 1.81. The molecule has 0 aromatic carbocycles. The van der Waals surface area contributed by atoms with Crippen LogP contribution < -0.4 is 5.56 Å². The molecule has 70 valence electrons. The Balaban J connectivity index is 2.39. The molecule has 1 unspecified atom stereocenters. The second-order valence-corrected chi connectivity index (χ2v) is 3.44. The quantitative estimate of drug-likeness (QED) is 0.691. The van der Waals surface area contributed by atoms with Crippen molar-refractivity contribution in [1.29, 1.82) is 0 Å². The van der Waals surface area contributed by atoms with Crippen LogP contribution in [0.15, 0.2) is 23.1 Å². The topological polar surface area (TPSA) is 31.2 Å². The highest BCUT2D eigenvalue weighted by molar-refractivity contribution is 6.30. The SMILES string of the molecule is O=c1c(Cl)cccn1C1CCCO1. The molecule has 3 nitrogen and oxygen atoms in total. The van der Waals surface area contributed by atoms with Crippen molar-refractivity contribution < 1.29 is 4.74 Å². The second-order valence-electron chi connectivity index (χ2n) is 3.04. The molecule has 0 N–H and O–H groups in total. The number of pyridine rings is 1. The fourth-order valence-electron chi connectivity index (χ4n) is 1.49. The third-order valence-electron chi connectivity index (χ3n) is 2.14. The van der Waals surface area contributed by atoms with Gasteiger partial charge in [-0.15, -0.1) is 0 Å². The molecule has 0 aliphatic carbocycles. The van der Waals surface area contributed by atoms with E-state index in [9.17, 15) is 4.79 Å². The lowest BCUT2D eigenvalue weighted by molar-refractivity contribution is 0.0538. The van der Waals surface area contributed by atoms with Crippen molar-refractivity contribution in [1.82, 2.24) is 4.57 Å². The molecule has 0 amide bonds. The van der Waals surface area contributed by atoms with Gasteiger partial charge in [-0.2, -0.15) is 0 Å². The van der Waals surface area contributed by atoms with Gasteiger partial charge >= 0.3 is 0 Å². The Morgan fingerprint density at radius 3 is 3.15 bits per heavy atom. The number of hydrogen-bond donors (Lipinski definition) is 0. The average molecular weight is 200 g/mol. The van der Waals surface area contributed by atoms with Crippen LogP contribution in [0, 0.1) is 0 Å². The zero-order valence-corrected chi connectivity index (χ0v) is 7.83. The van der Waals surface area contributed by atoms with E-state index in [0.717, 1.165) is 19.4 Å². The Hall–Kier alpha value is -0.800. The first-order valence-electron chi connectivity index (χ1n) is 4.27. The summed E-state index contributed by atoms with van der Waals surface area (Å²) in [5, 5.41) is 0.248. The van der Waals surface area contributed by atoms with Gasteiger partial charge in [-0.1, -0.05) is 11.6 Å². The van der Waals surface area contributed by atoms with Crippen LogP contribution in [0.1, 0.15) is 19.1 Å². The monoisotopic (exact) mass is 199 g/mol. The summed E-state index contributed by atoms with van der Waals surface area (Å²) in [6.45, 7) is 0.726. The third kappa shape index (κ3) is 1.62. The van der Waals surface area contributed by atoms with Crippen molar-refractivity contribution in [2.24, 2.45) is 0 Å². The zero-order valence-electron chi connectivity index (χ0n) is 7.07. The lowest BCUT2D eigenvalue weighted by Crippen LogP contribution is -2.23. The number of halogens is 1. The first-order chi connectivity index (χ1) is 6.29. The van der Waals surface area contributed by atoms with E-state index in [0.29, 0.717) is 0 Å². The van der Waals surface area contributed by atoms with Crippen LogP contribution >= 0.6 is 11.6 Å². The summed E-state index contributed by atoms with van der Waals surface area (Å²) >= 11 is 5.70. The van der Waals surface area contributed by atoms with Gasteiger partial charge in [-0.25, -0.2) is 0 Å². The summed E-state index contributed by atoms with van der Waals surface area (Å²) in [6, 6.07) is 3.35. The molecule has 1 aromatic heterocycles. The van der Waals surface area contributed by atoms with Crippen LogP contribution in [0.4, 0.5) is 0 Å². The Labute approximate surface area is 80.9 Å². The fraction of sp³-hybridized carbons (Fsp3) is 0.444. The lowest BCUT2D eigenvalue weighted by Gasteiger charge is -2.12. The van der Waals surface area contributed by atoms with Gasteiger partial charge in [0.15, 0.2) is 0 Å². The molecule has 0 radical (unpaired) electrons. The van der Waals surface area contributed by atoms with Gasteiger partial charge in [0.25, 0.3) is 5.56 Å². The number of aromatic nitrogens is 1. The average Bonchev–Trinajstić information content (AvgIpc) is 2.62. The Morgan fingerprint density at radius 1 is 1.62 bits per heavy atom. The molecule has 1 fully saturated rings. The highest BCUT2D eigenvalue weighted by Crippen LogP contribution is 2.21. The normalized spacial score (nSPS) is 22.1. The van der Waals surface area contributed by atoms with E-state index in [4.69, 9.17) is 16.3 Å². The maximum Gasteiger partial charge on any atom is 0.271 e. The van der Waals surface area contributed by atoms with Crippen molar-refractivity contribution >= 4 is 11.6 Å². The Kier molecular flexibility index (Phi) is 2.38. The fourth-order valence-corrected chi connectivity index (χ4v) is 1.66. The van der Waals surface area contributed by atoms with Gasteiger partial charge < -0.3 is 4.74 Å². The first kappa shape index (κ1) is 8.78. The molecule has 1 atom stereocenters. The van der Waals surface area contributed by atoms with Crippen LogP contribution in [0.2, 0.25) is 5.02 Å². The van der Waals surface area contributed by atoms with Gasteiger partial charge in [-0.05, 0) is 25.0 Å². The van der Waals surface area contributed by atoms with Gasteiger partial charge in [0.2, 0.25) is 0 Å². The molecule has 0 saturated carbocycles. The van der Waals surface area contributed by atoms with Crippen molar-refractivity contribution in [2.45, 2.75) is 19.1 Å². The lowest BCUT2D eigenvalue weighted by atomic mass is 10.3. The third-order valence-corrected chi connectivity index (χ3v) is 2.43. The van der Waals surface area contributed by atoms with E-state index < -0.39 is 0 Å². The molecule has 1 aliphatic rings. The molecule has 13 heavy (non-hydrogen) atoms. The Morgan fingerprint density at radius 2 is 2.46 bits per heavy atom. The number of hydrogen-bond acceptors (Lipinski definition) is 2. The number of rotatable bonds is 1. The minimum Gasteiger partial charge on any atom is -0.358 e. The number of ether oxygens (including phenoxy) is 1. The summed E-state index contributed by atoms with van der Waals surface area (Å²) in [5.74, 6) is 0. The first-order valence-corrected chi connectivity index (χ1v) is 4.65. The number of nitrogens with zero attached hydrogens (tertiary/aromatic N) is 1. The molecular weight excluding hydrogens is 190 g/mol. The highest BCUT2D eigenvalue weighted by atomic mass is 35.5. The highest BCUT2D eigenvalue weighted by Gasteiger charge is 2.18. The molecule has 2 heterocycles. The zero-order chi connectivity index (χ0) is 9.26. The van der Waals surface area contributed by atoms with Crippen molar-refractivity contribution in [2.75, 3.05) is 6.61 Å². The van der Waals surface area contributed by atoms with E-state index in [1.54, 1.807) is 22.9 Å². The molecule has 0 bridgehead atoms. The van der Waals surface area contributed by atoms with E-state index in [2.05, 4.69) is 0 Å². The van der Waals surface area contributed by atoms with E-state index in [1.165, 1.54) is 0 Å². The van der Waals surface area contributed by atoms with Gasteiger partial charge in [0.05, 0.1) is 0 Å². The standard InChI is InChI=1S/C9H10ClNO2/c10-7-3-1-5-11(9(7)12)8-4-2-6-13-8/h1,3,5,8H,2,4,6H2. The minimum atomic E-state index is -0.170.